The summed E-state index contributed by atoms with van der Waals surface area (Å²) in [6.45, 7) is 2.57. The minimum atomic E-state index is -0.329. The summed E-state index contributed by atoms with van der Waals surface area (Å²) < 4.78 is 1.28. The number of hydrogen-bond donors (Lipinski definition) is 1. The van der Waals surface area contributed by atoms with Crippen LogP contribution >= 0.6 is 22.9 Å². The van der Waals surface area contributed by atoms with Crippen LogP contribution in [0.2, 0.25) is 5.02 Å². The second-order valence-corrected chi connectivity index (χ2v) is 7.69. The fraction of sp³-hybridized carbons (Fsp3) is 0.0952. The van der Waals surface area contributed by atoms with Gasteiger partial charge in [-0.3, -0.25) is 4.79 Å². The molecular weight excluding hydrogens is 392 g/mol. The molecule has 1 N–H and O–H groups in total. The van der Waals surface area contributed by atoms with Gasteiger partial charge in [0.1, 0.15) is 0 Å². The van der Waals surface area contributed by atoms with Crippen molar-refractivity contribution >= 4 is 34.8 Å². The highest BCUT2D eigenvalue weighted by Crippen LogP contribution is 2.22. The molecule has 28 heavy (non-hydrogen) atoms. The van der Waals surface area contributed by atoms with E-state index < -0.39 is 0 Å². The first kappa shape index (κ1) is 18.4. The fourth-order valence-electron chi connectivity index (χ4n) is 2.72. The van der Waals surface area contributed by atoms with Gasteiger partial charge in [0.05, 0.1) is 17.1 Å². The average molecular weight is 409 g/mol. The number of thiophene rings is 1. The molecule has 2 aromatic carbocycles. The molecule has 4 rings (SSSR count). The van der Waals surface area contributed by atoms with E-state index in [2.05, 4.69) is 15.4 Å². The van der Waals surface area contributed by atoms with Crippen LogP contribution in [0, 0.1) is 6.92 Å². The molecule has 2 heterocycles. The van der Waals surface area contributed by atoms with Crippen LogP contribution < -0.4 is 5.32 Å². The second kappa shape index (κ2) is 7.96. The molecule has 0 radical (unpaired) electrons. The van der Waals surface area contributed by atoms with E-state index in [0.29, 0.717) is 28.9 Å². The van der Waals surface area contributed by atoms with Gasteiger partial charge in [0, 0.05) is 10.4 Å². The molecule has 7 heteroatoms. The van der Waals surface area contributed by atoms with Crippen LogP contribution in [-0.4, -0.2) is 20.7 Å². The number of aryl methyl sites for hydroxylation is 1. The lowest BCUT2D eigenvalue weighted by Gasteiger charge is -2.07. The van der Waals surface area contributed by atoms with Crippen molar-refractivity contribution in [3.05, 3.63) is 87.1 Å². The molecule has 0 saturated carbocycles. The van der Waals surface area contributed by atoms with E-state index in [1.807, 2.05) is 48.7 Å². The van der Waals surface area contributed by atoms with E-state index in [0.717, 1.165) is 16.0 Å². The second-order valence-electron chi connectivity index (χ2n) is 6.25. The first-order valence-electron chi connectivity index (χ1n) is 8.71. The molecule has 140 valence electrons. The van der Waals surface area contributed by atoms with Crippen molar-refractivity contribution in [3.8, 4) is 11.4 Å². The van der Waals surface area contributed by atoms with Crippen molar-refractivity contribution in [1.82, 2.24) is 14.8 Å². The predicted molar refractivity (Wildman–Crippen MR) is 113 cm³/mol. The topological polar surface area (TPSA) is 59.8 Å². The highest BCUT2D eigenvalue weighted by molar-refractivity contribution is 7.09. The highest BCUT2D eigenvalue weighted by atomic mass is 35.5. The maximum atomic E-state index is 13.1. The van der Waals surface area contributed by atoms with Gasteiger partial charge in [0.2, 0.25) is 5.95 Å². The van der Waals surface area contributed by atoms with Crippen molar-refractivity contribution in [1.29, 1.82) is 0 Å². The normalized spacial score (nSPS) is 10.8. The number of nitrogens with zero attached hydrogens (tertiary/aromatic N) is 3. The van der Waals surface area contributed by atoms with E-state index in [4.69, 9.17) is 11.6 Å². The fourth-order valence-corrected chi connectivity index (χ4v) is 3.58. The largest absolute Gasteiger partial charge is 0.349 e. The van der Waals surface area contributed by atoms with Gasteiger partial charge in [-0.1, -0.05) is 59.6 Å². The third kappa shape index (κ3) is 3.83. The van der Waals surface area contributed by atoms with Gasteiger partial charge in [0.15, 0.2) is 5.82 Å². The summed E-state index contributed by atoms with van der Waals surface area (Å²) in [5, 5.41) is 10.1. The number of hydrogen-bond acceptors (Lipinski definition) is 5. The quantitative estimate of drug-likeness (QED) is 0.488. The summed E-state index contributed by atoms with van der Waals surface area (Å²) in [6, 6.07) is 18.8. The molecule has 0 spiro atoms. The van der Waals surface area contributed by atoms with Gasteiger partial charge < -0.3 is 5.32 Å². The number of benzene rings is 2. The molecule has 0 fully saturated rings. The molecule has 0 atom stereocenters. The molecule has 5 nitrogen and oxygen atoms in total. The maximum Gasteiger partial charge on any atom is 0.282 e. The zero-order chi connectivity index (χ0) is 19.5. The molecule has 0 unspecified atom stereocenters. The van der Waals surface area contributed by atoms with Crippen molar-refractivity contribution in [2.75, 3.05) is 5.32 Å². The lowest BCUT2D eigenvalue weighted by molar-refractivity contribution is 0.0947. The third-order valence-corrected chi connectivity index (χ3v) is 5.42. The van der Waals surface area contributed by atoms with E-state index in [-0.39, 0.29) is 5.91 Å². The summed E-state index contributed by atoms with van der Waals surface area (Å²) in [5.41, 5.74) is 2.37. The van der Waals surface area contributed by atoms with Crippen LogP contribution in [0.25, 0.3) is 11.4 Å². The Kier molecular flexibility index (Phi) is 5.23. The summed E-state index contributed by atoms with van der Waals surface area (Å²) in [4.78, 5) is 18.8. The summed E-state index contributed by atoms with van der Waals surface area (Å²) in [7, 11) is 0. The van der Waals surface area contributed by atoms with Crippen molar-refractivity contribution in [2.24, 2.45) is 0 Å². The van der Waals surface area contributed by atoms with Crippen LogP contribution in [0.15, 0.2) is 66.0 Å². The Labute approximate surface area is 171 Å². The van der Waals surface area contributed by atoms with Gasteiger partial charge >= 0.3 is 0 Å². The smallest absolute Gasteiger partial charge is 0.282 e. The van der Waals surface area contributed by atoms with E-state index >= 15 is 0 Å². The van der Waals surface area contributed by atoms with Gasteiger partial charge in [-0.15, -0.1) is 16.4 Å². The van der Waals surface area contributed by atoms with Crippen molar-refractivity contribution in [3.63, 3.8) is 0 Å². The van der Waals surface area contributed by atoms with E-state index in [1.54, 1.807) is 35.6 Å². The Morgan fingerprint density at radius 2 is 1.89 bits per heavy atom. The van der Waals surface area contributed by atoms with Gasteiger partial charge in [-0.25, -0.2) is 0 Å². The lowest BCUT2D eigenvalue weighted by Crippen LogP contribution is -2.17. The zero-order valence-electron chi connectivity index (χ0n) is 15.1. The van der Waals surface area contributed by atoms with Crippen molar-refractivity contribution in [2.45, 2.75) is 13.5 Å². The van der Waals surface area contributed by atoms with Crippen LogP contribution in [0.5, 0.6) is 0 Å². The number of carbonyl (C=O) groups excluding carboxylic acids is 1. The molecule has 0 aliphatic carbocycles. The Bertz CT molecular complexity index is 1100. The lowest BCUT2D eigenvalue weighted by atomic mass is 10.1. The van der Waals surface area contributed by atoms with Crippen LogP contribution in [0.4, 0.5) is 5.95 Å². The third-order valence-electron chi connectivity index (χ3n) is 4.21. The Morgan fingerprint density at radius 3 is 2.61 bits per heavy atom. The number of aromatic nitrogens is 3. The summed E-state index contributed by atoms with van der Waals surface area (Å²) in [6.07, 6.45) is 0. The maximum absolute atomic E-state index is 13.1. The predicted octanol–water partition coefficient (Wildman–Crippen LogP) is 5.27. The monoisotopic (exact) mass is 408 g/mol. The van der Waals surface area contributed by atoms with Crippen molar-refractivity contribution < 1.29 is 4.79 Å². The Balaban J connectivity index is 1.72. The molecule has 0 amide bonds. The van der Waals surface area contributed by atoms with Gasteiger partial charge in [-0.2, -0.15) is 9.67 Å². The van der Waals surface area contributed by atoms with Gasteiger partial charge in [0.25, 0.3) is 5.91 Å². The summed E-state index contributed by atoms with van der Waals surface area (Å²) >= 11 is 7.85. The summed E-state index contributed by atoms with van der Waals surface area (Å²) in [5.74, 6) is 0.535. The van der Waals surface area contributed by atoms with E-state index in [1.165, 1.54) is 4.68 Å². The number of nitrogens with one attached hydrogen (secondary N) is 1. The number of halogens is 1. The van der Waals surface area contributed by atoms with Crippen LogP contribution in [0.3, 0.4) is 0 Å². The molecule has 0 saturated heterocycles. The molecule has 0 aliphatic rings. The van der Waals surface area contributed by atoms with Crippen LogP contribution in [-0.2, 0) is 6.54 Å². The zero-order valence-corrected chi connectivity index (χ0v) is 16.7. The van der Waals surface area contributed by atoms with Gasteiger partial charge in [-0.05, 0) is 30.5 Å². The Hall–Kier alpha value is -2.96. The minimum absolute atomic E-state index is 0.329. The number of rotatable bonds is 5. The molecular formula is C21H17ClN4OS. The molecule has 2 aromatic heterocycles. The minimum Gasteiger partial charge on any atom is -0.349 e. The number of anilines is 1. The molecule has 0 aliphatic heterocycles. The standard InChI is InChI=1S/C21H17ClN4OS/c1-14-8-10-15(11-9-14)19-24-21(23-13-16-5-4-12-28-16)26(25-19)20(27)17-6-2-3-7-18(17)22/h2-12H,13H2,1H3,(H,23,24,25). The SMILES string of the molecule is Cc1ccc(-c2nc(NCc3cccs3)n(C(=O)c3ccccc3Cl)n2)cc1. The Morgan fingerprint density at radius 1 is 1.11 bits per heavy atom. The van der Waals surface area contributed by atoms with E-state index in [9.17, 15) is 4.79 Å². The average Bonchev–Trinajstić information content (AvgIpc) is 3.37. The molecule has 4 aromatic rings. The van der Waals surface area contributed by atoms with Crippen LogP contribution in [0.1, 0.15) is 20.8 Å². The first-order chi connectivity index (χ1) is 13.6. The molecule has 0 bridgehead atoms. The highest BCUT2D eigenvalue weighted by Gasteiger charge is 2.20. The first-order valence-corrected chi connectivity index (χ1v) is 9.97. The number of carbonyl (C=O) groups is 1.